The summed E-state index contributed by atoms with van der Waals surface area (Å²) in [4.78, 5) is 4.54. The molecule has 1 aromatic heterocycles. The van der Waals surface area contributed by atoms with Gasteiger partial charge in [0.2, 0.25) is 0 Å². The monoisotopic (exact) mass is 376 g/mol. The lowest BCUT2D eigenvalue weighted by Gasteiger charge is -2.10. The molecule has 0 aliphatic rings. The largest absolute Gasteiger partial charge is 0.385 e. The van der Waals surface area contributed by atoms with Crippen LogP contribution in [0.2, 0.25) is 0 Å². The lowest BCUT2D eigenvalue weighted by atomic mass is 10.2. The number of unbranched alkanes of at least 4 members (excludes halogenated alkanes) is 2. The number of ether oxygens (including phenoxy) is 1. The van der Waals surface area contributed by atoms with Crippen LogP contribution in [0.15, 0.2) is 16.6 Å². The maximum absolute atomic E-state index is 13.8. The van der Waals surface area contributed by atoms with E-state index in [1.165, 1.54) is 6.07 Å². The van der Waals surface area contributed by atoms with Gasteiger partial charge in [-0.3, -0.25) is 0 Å². The minimum Gasteiger partial charge on any atom is -0.385 e. The third kappa shape index (κ3) is 3.96. The van der Waals surface area contributed by atoms with E-state index in [1.807, 2.05) is 11.5 Å². The van der Waals surface area contributed by atoms with Crippen molar-refractivity contribution < 1.29 is 9.13 Å². The van der Waals surface area contributed by atoms with Gasteiger partial charge in [-0.2, -0.15) is 0 Å². The number of benzene rings is 1. The molecule has 0 aliphatic carbocycles. The molecule has 0 fully saturated rings. The number of alkyl halides is 1. The van der Waals surface area contributed by atoms with Gasteiger partial charge in [-0.05, 0) is 48.2 Å². The summed E-state index contributed by atoms with van der Waals surface area (Å²) in [5.74, 6) is 0.507. The number of aryl methyl sites for hydroxylation is 1. The van der Waals surface area contributed by atoms with Gasteiger partial charge < -0.3 is 9.30 Å². The second-order valence-electron chi connectivity index (χ2n) is 5.05. The molecule has 0 saturated carbocycles. The first-order valence-electron chi connectivity index (χ1n) is 7.02. The number of rotatable bonds is 7. The van der Waals surface area contributed by atoms with Gasteiger partial charge in [0.15, 0.2) is 0 Å². The van der Waals surface area contributed by atoms with Crippen LogP contribution in [0.25, 0.3) is 11.0 Å². The van der Waals surface area contributed by atoms with Crippen LogP contribution >= 0.6 is 27.5 Å². The van der Waals surface area contributed by atoms with Gasteiger partial charge in [0.1, 0.15) is 11.6 Å². The highest BCUT2D eigenvalue weighted by atomic mass is 79.9. The first-order valence-corrected chi connectivity index (χ1v) is 8.25. The molecule has 0 amide bonds. The summed E-state index contributed by atoms with van der Waals surface area (Å²) in [6.07, 6.45) is 3.07. The average molecular weight is 378 g/mol. The van der Waals surface area contributed by atoms with Gasteiger partial charge in [-0.25, -0.2) is 9.37 Å². The van der Waals surface area contributed by atoms with E-state index in [9.17, 15) is 4.39 Å². The SMILES string of the molecule is COCCCCCn1c(C(C)Cl)nc2cc(Br)c(F)cc21. The van der Waals surface area contributed by atoms with Crippen molar-refractivity contribution in [2.45, 2.75) is 38.1 Å². The Morgan fingerprint density at radius 3 is 2.81 bits per heavy atom. The summed E-state index contributed by atoms with van der Waals surface area (Å²) in [7, 11) is 1.71. The topological polar surface area (TPSA) is 27.1 Å². The number of fused-ring (bicyclic) bond motifs is 1. The molecule has 116 valence electrons. The Kier molecular flexibility index (Phi) is 6.02. The molecule has 1 heterocycles. The Labute approximate surface area is 137 Å². The minimum absolute atomic E-state index is 0.210. The van der Waals surface area contributed by atoms with Crippen molar-refractivity contribution in [2.24, 2.45) is 0 Å². The second-order valence-corrected chi connectivity index (χ2v) is 6.56. The van der Waals surface area contributed by atoms with Crippen LogP contribution in [0.3, 0.4) is 0 Å². The first-order chi connectivity index (χ1) is 10.0. The van der Waals surface area contributed by atoms with Crippen LogP contribution in [0.1, 0.15) is 37.4 Å². The number of imidazole rings is 1. The molecule has 0 radical (unpaired) electrons. The molecular formula is C15H19BrClFN2O. The number of methoxy groups -OCH3 is 1. The molecule has 2 rings (SSSR count). The first kappa shape index (κ1) is 16.7. The summed E-state index contributed by atoms with van der Waals surface area (Å²) >= 11 is 9.41. The van der Waals surface area contributed by atoms with Crippen molar-refractivity contribution in [3.8, 4) is 0 Å². The van der Waals surface area contributed by atoms with E-state index in [0.29, 0.717) is 4.47 Å². The molecule has 0 aliphatic heterocycles. The van der Waals surface area contributed by atoms with Crippen molar-refractivity contribution >= 4 is 38.6 Å². The van der Waals surface area contributed by atoms with E-state index in [-0.39, 0.29) is 11.2 Å². The van der Waals surface area contributed by atoms with Crippen molar-refractivity contribution in [3.63, 3.8) is 0 Å². The summed E-state index contributed by atoms with van der Waals surface area (Å²) in [5, 5.41) is -0.210. The fourth-order valence-electron chi connectivity index (χ4n) is 2.37. The number of halogens is 3. The third-order valence-corrected chi connectivity index (χ3v) is 4.21. The van der Waals surface area contributed by atoms with Gasteiger partial charge in [0, 0.05) is 26.3 Å². The molecule has 1 atom stereocenters. The summed E-state index contributed by atoms with van der Waals surface area (Å²) in [6, 6.07) is 3.22. The fourth-order valence-corrected chi connectivity index (χ4v) is 2.87. The molecule has 0 spiro atoms. The molecular weight excluding hydrogens is 359 g/mol. The summed E-state index contributed by atoms with van der Waals surface area (Å²) in [5.41, 5.74) is 1.56. The maximum atomic E-state index is 13.8. The lowest BCUT2D eigenvalue weighted by Crippen LogP contribution is -2.05. The standard InChI is InChI=1S/C15H19BrClFN2O/c1-10(17)15-19-13-8-11(16)12(18)9-14(13)20(15)6-4-3-5-7-21-2/h8-10H,3-7H2,1-2H3. The molecule has 2 aromatic rings. The van der Waals surface area contributed by atoms with E-state index in [0.717, 1.165) is 49.3 Å². The zero-order chi connectivity index (χ0) is 15.4. The van der Waals surface area contributed by atoms with Crippen molar-refractivity contribution in [2.75, 3.05) is 13.7 Å². The lowest BCUT2D eigenvalue weighted by molar-refractivity contribution is 0.191. The maximum Gasteiger partial charge on any atom is 0.139 e. The summed E-state index contributed by atoms with van der Waals surface area (Å²) in [6.45, 7) is 3.44. The molecule has 0 saturated heterocycles. The molecule has 6 heteroatoms. The van der Waals surface area contributed by atoms with Crippen molar-refractivity contribution in [1.82, 2.24) is 9.55 Å². The zero-order valence-electron chi connectivity index (χ0n) is 12.2. The molecule has 1 aromatic carbocycles. The highest BCUT2D eigenvalue weighted by molar-refractivity contribution is 9.10. The van der Waals surface area contributed by atoms with Crippen LogP contribution in [0, 0.1) is 5.82 Å². The van der Waals surface area contributed by atoms with Crippen LogP contribution in [-0.4, -0.2) is 23.3 Å². The number of nitrogens with zero attached hydrogens (tertiary/aromatic N) is 2. The van der Waals surface area contributed by atoms with Gasteiger partial charge in [-0.15, -0.1) is 11.6 Å². The number of hydrogen-bond donors (Lipinski definition) is 0. The minimum atomic E-state index is -0.281. The van der Waals surface area contributed by atoms with Gasteiger partial charge in [0.05, 0.1) is 20.9 Å². The average Bonchev–Trinajstić information content (AvgIpc) is 2.77. The van der Waals surface area contributed by atoms with E-state index in [2.05, 4.69) is 20.9 Å². The quantitative estimate of drug-likeness (QED) is 0.498. The predicted octanol–water partition coefficient (Wildman–Crippen LogP) is 5.05. The van der Waals surface area contributed by atoms with Crippen LogP contribution < -0.4 is 0 Å². The van der Waals surface area contributed by atoms with E-state index in [4.69, 9.17) is 16.3 Å². The van der Waals surface area contributed by atoms with E-state index in [1.54, 1.807) is 13.2 Å². The summed E-state index contributed by atoms with van der Waals surface area (Å²) < 4.78 is 21.3. The molecule has 0 N–H and O–H groups in total. The van der Waals surface area contributed by atoms with Crippen LogP contribution in [-0.2, 0) is 11.3 Å². The van der Waals surface area contributed by atoms with Crippen LogP contribution in [0.5, 0.6) is 0 Å². The van der Waals surface area contributed by atoms with Crippen molar-refractivity contribution in [3.05, 3.63) is 28.2 Å². The van der Waals surface area contributed by atoms with Gasteiger partial charge >= 0.3 is 0 Å². The Morgan fingerprint density at radius 1 is 1.38 bits per heavy atom. The highest BCUT2D eigenvalue weighted by Crippen LogP contribution is 2.28. The molecule has 21 heavy (non-hydrogen) atoms. The van der Waals surface area contributed by atoms with E-state index < -0.39 is 0 Å². The fraction of sp³-hybridized carbons (Fsp3) is 0.533. The Hall–Kier alpha value is -0.650. The van der Waals surface area contributed by atoms with Gasteiger partial charge in [0.25, 0.3) is 0 Å². The predicted molar refractivity (Wildman–Crippen MR) is 87.4 cm³/mol. The number of hydrogen-bond acceptors (Lipinski definition) is 2. The van der Waals surface area contributed by atoms with Crippen LogP contribution in [0.4, 0.5) is 4.39 Å². The Balaban J connectivity index is 2.26. The Bertz CT molecular complexity index is 615. The van der Waals surface area contributed by atoms with Crippen molar-refractivity contribution in [1.29, 1.82) is 0 Å². The number of aromatic nitrogens is 2. The Morgan fingerprint density at radius 2 is 2.14 bits per heavy atom. The smallest absolute Gasteiger partial charge is 0.139 e. The zero-order valence-corrected chi connectivity index (χ0v) is 14.5. The highest BCUT2D eigenvalue weighted by Gasteiger charge is 2.16. The third-order valence-electron chi connectivity index (χ3n) is 3.41. The normalized spacial score (nSPS) is 13.0. The molecule has 3 nitrogen and oxygen atoms in total. The molecule has 1 unspecified atom stereocenters. The van der Waals surface area contributed by atoms with Gasteiger partial charge in [-0.1, -0.05) is 0 Å². The second kappa shape index (κ2) is 7.56. The van der Waals surface area contributed by atoms with E-state index >= 15 is 0 Å². The molecule has 0 bridgehead atoms.